The fourth-order valence-corrected chi connectivity index (χ4v) is 4.27. The van der Waals surface area contributed by atoms with Crippen molar-refractivity contribution in [2.45, 2.75) is 19.9 Å². The lowest BCUT2D eigenvalue weighted by atomic mass is 10.00. The van der Waals surface area contributed by atoms with Gasteiger partial charge in [-0.15, -0.1) is 0 Å². The number of hydrogen-bond acceptors (Lipinski definition) is 5. The molecule has 0 spiro atoms. The van der Waals surface area contributed by atoms with Gasteiger partial charge >= 0.3 is 0 Å². The van der Waals surface area contributed by atoms with Crippen molar-refractivity contribution in [3.8, 4) is 5.75 Å². The molecule has 6 heteroatoms. The monoisotopic (exact) mass is 379 g/mol. The number of benzene rings is 2. The minimum Gasteiger partial charge on any atom is -0.495 e. The maximum Gasteiger partial charge on any atom is 0.266 e. The molecule has 138 valence electrons. The van der Waals surface area contributed by atoms with Crippen LogP contribution in [0.25, 0.3) is 0 Å². The molecule has 0 atom stereocenters. The molecule has 2 aromatic carbocycles. The molecule has 1 aliphatic rings. The summed E-state index contributed by atoms with van der Waals surface area (Å²) in [6, 6.07) is 16.0. The highest BCUT2D eigenvalue weighted by Gasteiger charge is 2.25. The van der Waals surface area contributed by atoms with E-state index in [1.807, 2.05) is 42.2 Å². The van der Waals surface area contributed by atoms with E-state index < -0.39 is 0 Å². The van der Waals surface area contributed by atoms with Gasteiger partial charge in [-0.05, 0) is 36.6 Å². The van der Waals surface area contributed by atoms with Crippen molar-refractivity contribution >= 4 is 28.1 Å². The number of thiazole rings is 1. The van der Waals surface area contributed by atoms with Crippen LogP contribution in [-0.4, -0.2) is 29.4 Å². The second-order valence-corrected chi connectivity index (χ2v) is 7.50. The van der Waals surface area contributed by atoms with E-state index in [-0.39, 0.29) is 5.91 Å². The minimum absolute atomic E-state index is 0.0487. The Morgan fingerprint density at radius 1 is 1.15 bits per heavy atom. The van der Waals surface area contributed by atoms with Crippen molar-refractivity contribution in [3.05, 3.63) is 70.2 Å². The number of nitrogens with one attached hydrogen (secondary N) is 1. The third-order valence-corrected chi connectivity index (χ3v) is 5.82. The number of carbonyl (C=O) groups is 1. The molecule has 2 heterocycles. The van der Waals surface area contributed by atoms with Crippen LogP contribution in [0.2, 0.25) is 0 Å². The lowest BCUT2D eigenvalue weighted by molar-refractivity contribution is 0.0738. The van der Waals surface area contributed by atoms with Gasteiger partial charge in [-0.25, -0.2) is 4.98 Å². The van der Waals surface area contributed by atoms with Crippen molar-refractivity contribution < 1.29 is 9.53 Å². The molecule has 5 nitrogen and oxygen atoms in total. The fraction of sp³-hybridized carbons (Fsp3) is 0.238. The molecule has 0 bridgehead atoms. The van der Waals surface area contributed by atoms with Gasteiger partial charge in [0, 0.05) is 13.1 Å². The summed E-state index contributed by atoms with van der Waals surface area (Å²) in [6.45, 7) is 3.28. The number of carbonyl (C=O) groups excluding carboxylic acids is 1. The van der Waals surface area contributed by atoms with Gasteiger partial charge < -0.3 is 15.0 Å². The Labute approximate surface area is 162 Å². The number of anilines is 2. The number of ether oxygens (including phenoxy) is 1. The molecule has 0 saturated heterocycles. The maximum absolute atomic E-state index is 13.1. The summed E-state index contributed by atoms with van der Waals surface area (Å²) in [4.78, 5) is 20.2. The topological polar surface area (TPSA) is 54.5 Å². The molecule has 1 N–H and O–H groups in total. The average Bonchev–Trinajstić information content (AvgIpc) is 3.07. The number of para-hydroxylation sites is 2. The Hall–Kier alpha value is -2.86. The van der Waals surface area contributed by atoms with E-state index in [9.17, 15) is 4.79 Å². The molecule has 1 aromatic heterocycles. The molecule has 0 unspecified atom stereocenters. The van der Waals surface area contributed by atoms with Crippen LogP contribution in [0.15, 0.2) is 48.5 Å². The third kappa shape index (κ3) is 3.53. The number of aryl methyl sites for hydroxylation is 1. The fourth-order valence-electron chi connectivity index (χ4n) is 3.32. The molecule has 0 saturated carbocycles. The molecule has 0 aliphatic carbocycles. The van der Waals surface area contributed by atoms with Crippen LogP contribution in [0.4, 0.5) is 10.8 Å². The van der Waals surface area contributed by atoms with E-state index in [4.69, 9.17) is 4.74 Å². The summed E-state index contributed by atoms with van der Waals surface area (Å²) in [7, 11) is 1.64. The molecule has 0 fully saturated rings. The smallest absolute Gasteiger partial charge is 0.266 e. The zero-order valence-electron chi connectivity index (χ0n) is 15.4. The average molecular weight is 379 g/mol. The molecule has 1 aliphatic heterocycles. The van der Waals surface area contributed by atoms with Crippen LogP contribution in [-0.2, 0) is 13.0 Å². The van der Waals surface area contributed by atoms with Crippen molar-refractivity contribution in [1.29, 1.82) is 0 Å². The molecule has 3 aromatic rings. The molecule has 0 radical (unpaired) electrons. The number of rotatable bonds is 4. The maximum atomic E-state index is 13.1. The second-order valence-electron chi connectivity index (χ2n) is 6.50. The van der Waals surface area contributed by atoms with Crippen molar-refractivity contribution in [2.24, 2.45) is 0 Å². The highest BCUT2D eigenvalue weighted by Crippen LogP contribution is 2.32. The summed E-state index contributed by atoms with van der Waals surface area (Å²) < 4.78 is 5.37. The summed E-state index contributed by atoms with van der Waals surface area (Å²) in [5, 5.41) is 3.96. The van der Waals surface area contributed by atoms with Gasteiger partial charge in [0.15, 0.2) is 5.13 Å². The highest BCUT2D eigenvalue weighted by atomic mass is 32.1. The first-order valence-electron chi connectivity index (χ1n) is 8.89. The SMILES string of the molecule is COc1ccccc1Nc1nc(C)c(C(=O)N2CCc3ccccc3C2)s1. The van der Waals surface area contributed by atoms with Crippen LogP contribution in [0.1, 0.15) is 26.5 Å². The summed E-state index contributed by atoms with van der Waals surface area (Å²) in [5.74, 6) is 0.790. The minimum atomic E-state index is 0.0487. The van der Waals surface area contributed by atoms with Crippen molar-refractivity contribution in [3.63, 3.8) is 0 Å². The number of nitrogens with zero attached hydrogens (tertiary/aromatic N) is 2. The Kier molecular flexibility index (Phi) is 4.81. The lowest BCUT2D eigenvalue weighted by Crippen LogP contribution is -2.35. The van der Waals surface area contributed by atoms with Gasteiger partial charge in [0.1, 0.15) is 10.6 Å². The number of amides is 1. The third-order valence-electron chi connectivity index (χ3n) is 4.76. The summed E-state index contributed by atoms with van der Waals surface area (Å²) in [6.07, 6.45) is 0.895. The quantitative estimate of drug-likeness (QED) is 0.730. The van der Waals surface area contributed by atoms with Crippen LogP contribution >= 0.6 is 11.3 Å². The molecular weight excluding hydrogens is 358 g/mol. The Morgan fingerprint density at radius 2 is 1.89 bits per heavy atom. The van der Waals surface area contributed by atoms with E-state index in [1.165, 1.54) is 22.5 Å². The molecule has 4 rings (SSSR count). The first-order valence-corrected chi connectivity index (χ1v) is 9.71. The van der Waals surface area contributed by atoms with E-state index in [0.717, 1.165) is 30.1 Å². The molecule has 27 heavy (non-hydrogen) atoms. The van der Waals surface area contributed by atoms with Crippen LogP contribution in [0.3, 0.4) is 0 Å². The van der Waals surface area contributed by atoms with Crippen LogP contribution < -0.4 is 10.1 Å². The van der Waals surface area contributed by atoms with E-state index in [2.05, 4.69) is 28.5 Å². The number of aromatic nitrogens is 1. The predicted molar refractivity (Wildman–Crippen MR) is 108 cm³/mol. The Morgan fingerprint density at radius 3 is 2.70 bits per heavy atom. The zero-order chi connectivity index (χ0) is 18.8. The van der Waals surface area contributed by atoms with Gasteiger partial charge in [0.05, 0.1) is 18.5 Å². The summed E-state index contributed by atoms with van der Waals surface area (Å²) in [5.41, 5.74) is 4.15. The largest absolute Gasteiger partial charge is 0.495 e. The van der Waals surface area contributed by atoms with Gasteiger partial charge in [0.25, 0.3) is 5.91 Å². The Bertz CT molecular complexity index is 983. The number of fused-ring (bicyclic) bond motifs is 1. The van der Waals surface area contributed by atoms with Crippen molar-refractivity contribution in [1.82, 2.24) is 9.88 Å². The lowest BCUT2D eigenvalue weighted by Gasteiger charge is -2.28. The highest BCUT2D eigenvalue weighted by molar-refractivity contribution is 7.17. The first kappa shape index (κ1) is 17.5. The van der Waals surface area contributed by atoms with E-state index >= 15 is 0 Å². The van der Waals surface area contributed by atoms with Gasteiger partial charge in [0.2, 0.25) is 0 Å². The van der Waals surface area contributed by atoms with Crippen LogP contribution in [0, 0.1) is 6.92 Å². The van der Waals surface area contributed by atoms with Gasteiger partial charge in [-0.1, -0.05) is 47.7 Å². The van der Waals surface area contributed by atoms with Crippen molar-refractivity contribution in [2.75, 3.05) is 19.0 Å². The predicted octanol–water partition coefficient (Wildman–Crippen LogP) is 4.40. The van der Waals surface area contributed by atoms with Gasteiger partial charge in [-0.3, -0.25) is 4.79 Å². The second kappa shape index (κ2) is 7.40. The standard InChI is InChI=1S/C21H21N3O2S/c1-14-19(20(25)24-12-11-15-7-3-4-8-16(15)13-24)27-21(22-14)23-17-9-5-6-10-18(17)26-2/h3-10H,11-13H2,1-2H3,(H,22,23). The number of methoxy groups -OCH3 is 1. The molecular formula is C21H21N3O2S. The molecule has 1 amide bonds. The van der Waals surface area contributed by atoms with Gasteiger partial charge in [-0.2, -0.15) is 0 Å². The Balaban J connectivity index is 1.54. The van der Waals surface area contributed by atoms with E-state index in [0.29, 0.717) is 16.6 Å². The first-order chi connectivity index (χ1) is 13.2. The number of hydrogen-bond donors (Lipinski definition) is 1. The van der Waals surface area contributed by atoms with Crippen LogP contribution in [0.5, 0.6) is 5.75 Å². The normalized spacial score (nSPS) is 13.2. The zero-order valence-corrected chi connectivity index (χ0v) is 16.2. The van der Waals surface area contributed by atoms with E-state index in [1.54, 1.807) is 7.11 Å². The summed E-state index contributed by atoms with van der Waals surface area (Å²) >= 11 is 1.39.